The van der Waals surface area contributed by atoms with Gasteiger partial charge in [-0.05, 0) is 69.9 Å². The predicted molar refractivity (Wildman–Crippen MR) is 87.3 cm³/mol. The van der Waals surface area contributed by atoms with Crippen LogP contribution in [0, 0.1) is 5.92 Å². The predicted octanol–water partition coefficient (Wildman–Crippen LogP) is 2.35. The van der Waals surface area contributed by atoms with Crippen LogP contribution in [0.25, 0.3) is 0 Å². The van der Waals surface area contributed by atoms with Crippen molar-refractivity contribution < 1.29 is 0 Å². The molecule has 0 radical (unpaired) electrons. The Morgan fingerprint density at radius 3 is 2.40 bits per heavy atom. The Kier molecular flexibility index (Phi) is 5.44. The van der Waals surface area contributed by atoms with Gasteiger partial charge >= 0.3 is 0 Å². The van der Waals surface area contributed by atoms with Gasteiger partial charge in [-0.25, -0.2) is 0 Å². The first-order valence-electron chi connectivity index (χ1n) is 7.79. The Labute approximate surface area is 123 Å². The van der Waals surface area contributed by atoms with Crippen molar-refractivity contribution in [3.05, 3.63) is 29.8 Å². The molecule has 1 aromatic rings. The molecule has 1 saturated heterocycles. The van der Waals surface area contributed by atoms with Crippen LogP contribution in [0.2, 0.25) is 0 Å². The third-order valence-corrected chi connectivity index (χ3v) is 4.30. The molecule has 0 aromatic heterocycles. The van der Waals surface area contributed by atoms with Crippen LogP contribution < -0.4 is 10.6 Å². The van der Waals surface area contributed by atoms with Crippen molar-refractivity contribution in [2.24, 2.45) is 11.7 Å². The van der Waals surface area contributed by atoms with Crippen molar-refractivity contribution in [2.75, 3.05) is 38.6 Å². The number of likely N-dealkylation sites (tertiary alicyclic amines) is 1. The van der Waals surface area contributed by atoms with Crippen molar-refractivity contribution in [3.8, 4) is 0 Å². The van der Waals surface area contributed by atoms with Gasteiger partial charge in [-0.15, -0.1) is 0 Å². The van der Waals surface area contributed by atoms with Crippen LogP contribution in [-0.2, 0) is 6.42 Å². The summed E-state index contributed by atoms with van der Waals surface area (Å²) in [5.74, 6) is 0.833. The van der Waals surface area contributed by atoms with Gasteiger partial charge in [0.1, 0.15) is 0 Å². The molecule has 0 spiro atoms. The molecule has 20 heavy (non-hydrogen) atoms. The summed E-state index contributed by atoms with van der Waals surface area (Å²) in [4.78, 5) is 4.82. The van der Waals surface area contributed by atoms with E-state index in [-0.39, 0.29) is 6.04 Å². The molecule has 1 unspecified atom stereocenters. The van der Waals surface area contributed by atoms with Crippen LogP contribution in [0.5, 0.6) is 0 Å². The maximum absolute atomic E-state index is 5.84. The third kappa shape index (κ3) is 4.50. The van der Waals surface area contributed by atoms with Crippen LogP contribution in [0.1, 0.15) is 25.3 Å². The lowest BCUT2D eigenvalue weighted by Crippen LogP contribution is -2.35. The van der Waals surface area contributed by atoms with Crippen molar-refractivity contribution in [1.29, 1.82) is 0 Å². The number of benzene rings is 1. The minimum atomic E-state index is 0.234. The summed E-state index contributed by atoms with van der Waals surface area (Å²) in [5.41, 5.74) is 8.49. The van der Waals surface area contributed by atoms with E-state index in [1.807, 2.05) is 0 Å². The zero-order chi connectivity index (χ0) is 14.5. The molecule has 1 aliphatic rings. The smallest absolute Gasteiger partial charge is 0.0363 e. The summed E-state index contributed by atoms with van der Waals surface area (Å²) in [6.45, 7) is 5.71. The lowest BCUT2D eigenvalue weighted by molar-refractivity contribution is 0.222. The number of piperidine rings is 1. The second-order valence-corrected chi connectivity index (χ2v) is 6.48. The van der Waals surface area contributed by atoms with E-state index in [1.165, 1.54) is 43.7 Å². The molecule has 0 aliphatic carbocycles. The van der Waals surface area contributed by atoms with E-state index in [0.717, 1.165) is 12.3 Å². The fourth-order valence-corrected chi connectivity index (χ4v) is 3.00. The number of anilines is 1. The molecule has 2 N–H and O–H groups in total. The molecule has 1 fully saturated rings. The van der Waals surface area contributed by atoms with Gasteiger partial charge in [-0.1, -0.05) is 12.1 Å². The molecule has 0 saturated carbocycles. The third-order valence-electron chi connectivity index (χ3n) is 4.30. The average Bonchev–Trinajstić information content (AvgIpc) is 2.41. The topological polar surface area (TPSA) is 32.5 Å². The van der Waals surface area contributed by atoms with E-state index >= 15 is 0 Å². The molecular weight excluding hydrogens is 246 g/mol. The largest absolute Gasteiger partial charge is 0.374 e. The minimum Gasteiger partial charge on any atom is -0.374 e. The van der Waals surface area contributed by atoms with Crippen molar-refractivity contribution >= 4 is 5.69 Å². The quantitative estimate of drug-likeness (QED) is 0.895. The molecule has 3 heteroatoms. The average molecular weight is 275 g/mol. The first-order chi connectivity index (χ1) is 9.54. The highest BCUT2D eigenvalue weighted by atomic mass is 15.1. The molecule has 2 rings (SSSR count). The summed E-state index contributed by atoms with van der Waals surface area (Å²) >= 11 is 0. The van der Waals surface area contributed by atoms with Crippen molar-refractivity contribution in [1.82, 2.24) is 4.90 Å². The molecule has 1 aromatic carbocycles. The minimum absolute atomic E-state index is 0.234. The maximum atomic E-state index is 5.84. The van der Waals surface area contributed by atoms with Gasteiger partial charge in [-0.3, -0.25) is 0 Å². The number of nitrogens with zero attached hydrogens (tertiary/aromatic N) is 2. The number of rotatable bonds is 5. The zero-order valence-corrected chi connectivity index (χ0v) is 13.2. The van der Waals surface area contributed by atoms with Gasteiger partial charge in [-0.2, -0.15) is 0 Å². The van der Waals surface area contributed by atoms with Crippen LogP contribution >= 0.6 is 0 Å². The van der Waals surface area contributed by atoms with E-state index in [4.69, 9.17) is 5.73 Å². The van der Waals surface area contributed by atoms with Crippen LogP contribution in [0.15, 0.2) is 24.3 Å². The van der Waals surface area contributed by atoms with E-state index in [1.54, 1.807) is 0 Å². The summed E-state index contributed by atoms with van der Waals surface area (Å²) < 4.78 is 0. The second-order valence-electron chi connectivity index (χ2n) is 6.48. The Hall–Kier alpha value is -1.06. The number of hydrogen-bond acceptors (Lipinski definition) is 3. The first kappa shape index (κ1) is 15.3. The lowest BCUT2D eigenvalue weighted by atomic mass is 9.96. The normalized spacial score (nSPS) is 19.0. The van der Waals surface area contributed by atoms with Gasteiger partial charge in [0.15, 0.2) is 0 Å². The monoisotopic (exact) mass is 275 g/mol. The molecule has 1 aliphatic heterocycles. The first-order valence-corrected chi connectivity index (χ1v) is 7.79. The van der Waals surface area contributed by atoms with Crippen LogP contribution in [-0.4, -0.2) is 44.7 Å². The summed E-state index contributed by atoms with van der Waals surface area (Å²) in [7, 11) is 4.43. The fourth-order valence-electron chi connectivity index (χ4n) is 3.00. The maximum Gasteiger partial charge on any atom is 0.0363 e. The Morgan fingerprint density at radius 1 is 1.25 bits per heavy atom. The van der Waals surface area contributed by atoms with Gasteiger partial charge < -0.3 is 15.5 Å². The van der Waals surface area contributed by atoms with Gasteiger partial charge in [0, 0.05) is 25.3 Å². The Balaban J connectivity index is 1.87. The molecular formula is C17H29N3. The lowest BCUT2D eigenvalue weighted by Gasteiger charge is -2.32. The Bertz CT molecular complexity index is 391. The van der Waals surface area contributed by atoms with Crippen LogP contribution in [0.4, 0.5) is 5.69 Å². The van der Waals surface area contributed by atoms with Gasteiger partial charge in [0.2, 0.25) is 0 Å². The van der Waals surface area contributed by atoms with Gasteiger partial charge in [0.25, 0.3) is 0 Å². The molecule has 0 amide bonds. The second kappa shape index (κ2) is 7.09. The van der Waals surface area contributed by atoms with Crippen LogP contribution in [0.3, 0.4) is 0 Å². The fraction of sp³-hybridized carbons (Fsp3) is 0.647. The molecule has 112 valence electrons. The summed E-state index contributed by atoms with van der Waals surface area (Å²) in [5, 5.41) is 0. The molecule has 3 nitrogen and oxygen atoms in total. The van der Waals surface area contributed by atoms with E-state index in [2.05, 4.69) is 55.1 Å². The molecule has 1 heterocycles. The zero-order valence-electron chi connectivity index (χ0n) is 13.2. The van der Waals surface area contributed by atoms with E-state index in [9.17, 15) is 0 Å². The highest BCUT2D eigenvalue weighted by Crippen LogP contribution is 2.21. The summed E-state index contributed by atoms with van der Waals surface area (Å²) in [6.07, 6.45) is 3.60. The molecule has 0 bridgehead atoms. The highest BCUT2D eigenvalue weighted by Gasteiger charge is 2.18. The number of nitrogens with two attached hydrogens (primary N) is 1. The van der Waals surface area contributed by atoms with E-state index in [0.29, 0.717) is 0 Å². The number of hydrogen-bond donors (Lipinski definition) is 1. The van der Waals surface area contributed by atoms with Crippen molar-refractivity contribution in [3.63, 3.8) is 0 Å². The molecule has 1 atom stereocenters. The van der Waals surface area contributed by atoms with Gasteiger partial charge in [0.05, 0.1) is 0 Å². The SMILES string of the molecule is CC(N)Cc1ccc(N(C)CC2CCN(C)CC2)cc1. The van der Waals surface area contributed by atoms with E-state index < -0.39 is 0 Å². The Morgan fingerprint density at radius 2 is 1.85 bits per heavy atom. The highest BCUT2D eigenvalue weighted by molar-refractivity contribution is 5.47. The summed E-state index contributed by atoms with van der Waals surface area (Å²) in [6, 6.07) is 9.12. The standard InChI is InChI=1S/C17H29N3/c1-14(18)12-15-4-6-17(7-5-15)20(3)13-16-8-10-19(2)11-9-16/h4-7,14,16H,8-13,18H2,1-3H3. The van der Waals surface area contributed by atoms with Crippen molar-refractivity contribution in [2.45, 2.75) is 32.2 Å².